The Balaban J connectivity index is 2.50. The van der Waals surface area contributed by atoms with E-state index in [2.05, 4.69) is 12.2 Å². The van der Waals surface area contributed by atoms with Crippen LogP contribution in [0.2, 0.25) is 10.0 Å². The van der Waals surface area contributed by atoms with Gasteiger partial charge in [0.25, 0.3) is 0 Å². The maximum atomic E-state index is 6.03. The van der Waals surface area contributed by atoms with Crippen molar-refractivity contribution in [3.63, 3.8) is 0 Å². The SMILES string of the molecule is COCC(C)NCc1ccc(Cl)cc1Cl. The summed E-state index contributed by atoms with van der Waals surface area (Å²) in [6, 6.07) is 5.82. The van der Waals surface area contributed by atoms with E-state index in [0.29, 0.717) is 22.7 Å². The zero-order valence-corrected chi connectivity index (χ0v) is 10.4. The Hall–Kier alpha value is -0.280. The second-order valence-electron chi connectivity index (χ2n) is 3.47. The van der Waals surface area contributed by atoms with Crippen LogP contribution < -0.4 is 5.32 Å². The van der Waals surface area contributed by atoms with Crippen molar-refractivity contribution in [3.8, 4) is 0 Å². The van der Waals surface area contributed by atoms with E-state index in [1.165, 1.54) is 0 Å². The molecule has 0 saturated carbocycles. The highest BCUT2D eigenvalue weighted by atomic mass is 35.5. The summed E-state index contributed by atoms with van der Waals surface area (Å²) in [6.07, 6.45) is 0. The van der Waals surface area contributed by atoms with Gasteiger partial charge in [-0.3, -0.25) is 0 Å². The third-order valence-corrected chi connectivity index (χ3v) is 2.66. The van der Waals surface area contributed by atoms with Crippen molar-refractivity contribution in [3.05, 3.63) is 33.8 Å². The summed E-state index contributed by atoms with van der Waals surface area (Å²) in [5, 5.41) is 4.66. The molecule has 0 bridgehead atoms. The van der Waals surface area contributed by atoms with Crippen molar-refractivity contribution in [1.82, 2.24) is 5.32 Å². The minimum Gasteiger partial charge on any atom is -0.383 e. The Morgan fingerprint density at radius 1 is 1.40 bits per heavy atom. The van der Waals surface area contributed by atoms with Gasteiger partial charge in [-0.2, -0.15) is 0 Å². The summed E-state index contributed by atoms with van der Waals surface area (Å²) >= 11 is 11.8. The molecule has 1 atom stereocenters. The Labute approximate surface area is 101 Å². The molecule has 0 amide bonds. The molecular weight excluding hydrogens is 233 g/mol. The maximum absolute atomic E-state index is 6.03. The van der Waals surface area contributed by atoms with Crippen LogP contribution in [0, 0.1) is 0 Å². The van der Waals surface area contributed by atoms with Gasteiger partial charge in [0.05, 0.1) is 6.61 Å². The third kappa shape index (κ3) is 4.39. The molecule has 1 aromatic carbocycles. The fraction of sp³-hybridized carbons (Fsp3) is 0.455. The highest BCUT2D eigenvalue weighted by molar-refractivity contribution is 6.35. The molecule has 2 nitrogen and oxygen atoms in total. The van der Waals surface area contributed by atoms with Crippen LogP contribution >= 0.6 is 23.2 Å². The predicted octanol–water partition coefficient (Wildman–Crippen LogP) is 3.12. The van der Waals surface area contributed by atoms with Crippen LogP contribution in [0.1, 0.15) is 12.5 Å². The minimum atomic E-state index is 0.307. The molecule has 0 aliphatic rings. The van der Waals surface area contributed by atoms with Crippen LogP contribution in [-0.4, -0.2) is 19.8 Å². The smallest absolute Gasteiger partial charge is 0.0613 e. The predicted molar refractivity (Wildman–Crippen MR) is 64.6 cm³/mol. The molecule has 1 N–H and O–H groups in total. The number of hydrogen-bond acceptors (Lipinski definition) is 2. The number of ether oxygens (including phenoxy) is 1. The monoisotopic (exact) mass is 247 g/mol. The lowest BCUT2D eigenvalue weighted by Gasteiger charge is -2.13. The van der Waals surface area contributed by atoms with Gasteiger partial charge >= 0.3 is 0 Å². The molecule has 15 heavy (non-hydrogen) atoms. The van der Waals surface area contributed by atoms with E-state index in [1.807, 2.05) is 12.1 Å². The van der Waals surface area contributed by atoms with Crippen LogP contribution in [0.15, 0.2) is 18.2 Å². The van der Waals surface area contributed by atoms with Crippen molar-refractivity contribution in [2.45, 2.75) is 19.5 Å². The molecule has 1 aromatic rings. The van der Waals surface area contributed by atoms with Gasteiger partial charge in [-0.25, -0.2) is 0 Å². The lowest BCUT2D eigenvalue weighted by atomic mass is 10.2. The normalized spacial score (nSPS) is 12.8. The van der Waals surface area contributed by atoms with Gasteiger partial charge in [0.2, 0.25) is 0 Å². The lowest BCUT2D eigenvalue weighted by molar-refractivity contribution is 0.171. The summed E-state index contributed by atoms with van der Waals surface area (Å²) in [6.45, 7) is 3.47. The first-order valence-electron chi connectivity index (χ1n) is 4.79. The zero-order valence-electron chi connectivity index (χ0n) is 8.89. The molecule has 84 valence electrons. The Kier molecular flexibility index (Phi) is 5.40. The largest absolute Gasteiger partial charge is 0.383 e. The van der Waals surface area contributed by atoms with E-state index in [9.17, 15) is 0 Å². The van der Waals surface area contributed by atoms with E-state index in [-0.39, 0.29) is 0 Å². The molecular formula is C11H15Cl2NO. The van der Waals surface area contributed by atoms with Gasteiger partial charge in [-0.15, -0.1) is 0 Å². The quantitative estimate of drug-likeness (QED) is 0.864. The fourth-order valence-electron chi connectivity index (χ4n) is 1.26. The second kappa shape index (κ2) is 6.33. The van der Waals surface area contributed by atoms with Gasteiger partial charge in [0.1, 0.15) is 0 Å². The van der Waals surface area contributed by atoms with Crippen LogP contribution in [0.3, 0.4) is 0 Å². The number of nitrogens with one attached hydrogen (secondary N) is 1. The summed E-state index contributed by atoms with van der Waals surface area (Å²) in [5.41, 5.74) is 1.05. The summed E-state index contributed by atoms with van der Waals surface area (Å²) < 4.78 is 5.02. The summed E-state index contributed by atoms with van der Waals surface area (Å²) in [4.78, 5) is 0. The number of methoxy groups -OCH3 is 1. The van der Waals surface area contributed by atoms with Gasteiger partial charge < -0.3 is 10.1 Å². The molecule has 0 spiro atoms. The first-order valence-corrected chi connectivity index (χ1v) is 5.55. The maximum Gasteiger partial charge on any atom is 0.0613 e. The number of benzene rings is 1. The molecule has 0 aliphatic carbocycles. The molecule has 0 heterocycles. The van der Waals surface area contributed by atoms with Gasteiger partial charge in [0.15, 0.2) is 0 Å². The Morgan fingerprint density at radius 3 is 2.73 bits per heavy atom. The first kappa shape index (κ1) is 12.8. The van der Waals surface area contributed by atoms with Crippen LogP contribution in [0.25, 0.3) is 0 Å². The van der Waals surface area contributed by atoms with Crippen LogP contribution in [-0.2, 0) is 11.3 Å². The average molecular weight is 248 g/mol. The third-order valence-electron chi connectivity index (χ3n) is 2.07. The van der Waals surface area contributed by atoms with E-state index in [4.69, 9.17) is 27.9 Å². The molecule has 1 rings (SSSR count). The molecule has 0 radical (unpaired) electrons. The standard InChI is InChI=1S/C11H15Cl2NO/c1-8(7-15-2)14-6-9-3-4-10(12)5-11(9)13/h3-5,8,14H,6-7H2,1-2H3. The van der Waals surface area contributed by atoms with E-state index >= 15 is 0 Å². The molecule has 0 fully saturated rings. The molecule has 0 saturated heterocycles. The number of rotatable bonds is 5. The Morgan fingerprint density at radius 2 is 2.13 bits per heavy atom. The lowest BCUT2D eigenvalue weighted by Crippen LogP contribution is -2.29. The first-order chi connectivity index (χ1) is 7.13. The molecule has 4 heteroatoms. The van der Waals surface area contributed by atoms with Gasteiger partial charge in [0, 0.05) is 29.7 Å². The molecule has 1 unspecified atom stereocenters. The van der Waals surface area contributed by atoms with Crippen LogP contribution in [0.5, 0.6) is 0 Å². The van der Waals surface area contributed by atoms with E-state index in [0.717, 1.165) is 12.1 Å². The van der Waals surface area contributed by atoms with Gasteiger partial charge in [-0.05, 0) is 24.6 Å². The number of hydrogen-bond donors (Lipinski definition) is 1. The highest BCUT2D eigenvalue weighted by Crippen LogP contribution is 2.20. The summed E-state index contributed by atoms with van der Waals surface area (Å²) in [5.74, 6) is 0. The second-order valence-corrected chi connectivity index (χ2v) is 4.32. The molecule has 0 aromatic heterocycles. The fourth-order valence-corrected chi connectivity index (χ4v) is 1.73. The average Bonchev–Trinajstić information content (AvgIpc) is 2.17. The van der Waals surface area contributed by atoms with E-state index < -0.39 is 0 Å². The van der Waals surface area contributed by atoms with Gasteiger partial charge in [-0.1, -0.05) is 29.3 Å². The number of halogens is 2. The minimum absolute atomic E-state index is 0.307. The van der Waals surface area contributed by atoms with Crippen molar-refractivity contribution in [1.29, 1.82) is 0 Å². The van der Waals surface area contributed by atoms with Crippen molar-refractivity contribution >= 4 is 23.2 Å². The van der Waals surface area contributed by atoms with Crippen molar-refractivity contribution < 1.29 is 4.74 Å². The summed E-state index contributed by atoms with van der Waals surface area (Å²) in [7, 11) is 1.69. The Bertz CT molecular complexity index is 317. The van der Waals surface area contributed by atoms with Crippen molar-refractivity contribution in [2.24, 2.45) is 0 Å². The topological polar surface area (TPSA) is 21.3 Å². The molecule has 0 aliphatic heterocycles. The highest BCUT2D eigenvalue weighted by Gasteiger charge is 2.04. The van der Waals surface area contributed by atoms with Crippen LogP contribution in [0.4, 0.5) is 0 Å². The van der Waals surface area contributed by atoms with Crippen molar-refractivity contribution in [2.75, 3.05) is 13.7 Å². The van der Waals surface area contributed by atoms with E-state index in [1.54, 1.807) is 13.2 Å². The zero-order chi connectivity index (χ0) is 11.3.